The number of ether oxygens (including phenoxy) is 1. The van der Waals surface area contributed by atoms with Gasteiger partial charge in [-0.25, -0.2) is 28.4 Å². The number of rotatable bonds is 8. The van der Waals surface area contributed by atoms with E-state index in [1.165, 1.54) is 39.9 Å². The number of fused-ring (bicyclic) bond motifs is 2. The van der Waals surface area contributed by atoms with Crippen LogP contribution >= 0.6 is 11.6 Å². The minimum absolute atomic E-state index is 0.144. The standard InChI is InChI=1S/C36H31ClF2N6O3/c1-22-31-18-26(39)19-40-34(31)45(29-4-2-3-24(17-29)23-5-12-30(13-6-23)48-16-15-37)36(47)44(22)28-10-8-27(9-11-28)41-35(46)32-21-43-20-25(38)7-14-33(43)42-32/h2-7,12-14,17-21,27-28H,1,8-11,15-16H2,(H,41,46)/t27-,28+. The van der Waals surface area contributed by atoms with Gasteiger partial charge in [0, 0.05) is 35.7 Å². The molecule has 1 N–H and O–H groups in total. The molecule has 1 aliphatic carbocycles. The van der Waals surface area contributed by atoms with E-state index in [1.54, 1.807) is 4.90 Å². The van der Waals surface area contributed by atoms with E-state index in [0.717, 1.165) is 17.3 Å². The Hall–Kier alpha value is -5.29. The van der Waals surface area contributed by atoms with Crippen LogP contribution in [0.5, 0.6) is 5.75 Å². The summed E-state index contributed by atoms with van der Waals surface area (Å²) in [5.41, 5.74) is 3.85. The molecule has 0 saturated heterocycles. The van der Waals surface area contributed by atoms with Crippen molar-refractivity contribution in [1.82, 2.24) is 24.6 Å². The Balaban J connectivity index is 1.10. The quantitative estimate of drug-likeness (QED) is 0.172. The summed E-state index contributed by atoms with van der Waals surface area (Å²) in [5, 5.41) is 3.03. The fourth-order valence-electron chi connectivity index (χ4n) is 6.41. The molecule has 0 bridgehead atoms. The predicted octanol–water partition coefficient (Wildman–Crippen LogP) is 7.58. The maximum atomic E-state index is 14.6. The number of nitrogens with zero attached hydrogens (tertiary/aromatic N) is 5. The molecule has 0 unspecified atom stereocenters. The minimum atomic E-state index is -0.532. The molecule has 1 saturated carbocycles. The van der Waals surface area contributed by atoms with Crippen molar-refractivity contribution in [2.24, 2.45) is 0 Å². The minimum Gasteiger partial charge on any atom is -0.492 e. The van der Waals surface area contributed by atoms with Gasteiger partial charge in [-0.15, -0.1) is 11.6 Å². The van der Waals surface area contributed by atoms with Gasteiger partial charge in [0.2, 0.25) is 0 Å². The molecule has 9 nitrogen and oxygen atoms in total. The van der Waals surface area contributed by atoms with Crippen molar-refractivity contribution in [3.8, 4) is 16.9 Å². The third kappa shape index (κ3) is 6.09. The number of carbonyl (C=O) groups is 2. The normalized spacial score (nSPS) is 17.8. The summed E-state index contributed by atoms with van der Waals surface area (Å²) in [6, 6.07) is 18.6. The lowest BCUT2D eigenvalue weighted by Gasteiger charge is -2.43. The van der Waals surface area contributed by atoms with Crippen molar-refractivity contribution in [3.63, 3.8) is 0 Å². The number of amides is 3. The molecule has 48 heavy (non-hydrogen) atoms. The number of alkyl halides is 1. The number of aromatic nitrogens is 3. The highest BCUT2D eigenvalue weighted by molar-refractivity contribution is 6.18. The molecule has 3 aromatic heterocycles. The zero-order valence-corrected chi connectivity index (χ0v) is 26.5. The highest BCUT2D eigenvalue weighted by atomic mass is 35.5. The average Bonchev–Trinajstić information content (AvgIpc) is 3.52. The third-order valence-electron chi connectivity index (χ3n) is 8.73. The Labute approximate surface area is 280 Å². The lowest BCUT2D eigenvalue weighted by Crippen LogP contribution is -2.51. The lowest BCUT2D eigenvalue weighted by molar-refractivity contribution is 0.0914. The molecule has 1 aliphatic heterocycles. The van der Waals surface area contributed by atoms with Crippen molar-refractivity contribution >= 4 is 46.4 Å². The Kier molecular flexibility index (Phi) is 8.53. The molecule has 5 aromatic rings. The summed E-state index contributed by atoms with van der Waals surface area (Å²) in [6.07, 6.45) is 6.22. The fraction of sp³-hybridized carbons (Fsp3) is 0.222. The van der Waals surface area contributed by atoms with Crippen molar-refractivity contribution in [1.29, 1.82) is 0 Å². The summed E-state index contributed by atoms with van der Waals surface area (Å²) in [6.45, 7) is 4.61. The summed E-state index contributed by atoms with van der Waals surface area (Å²) in [4.78, 5) is 39.1. The van der Waals surface area contributed by atoms with Crippen LogP contribution in [-0.2, 0) is 0 Å². The Morgan fingerprint density at radius 2 is 1.77 bits per heavy atom. The second-order valence-corrected chi connectivity index (χ2v) is 12.2. The van der Waals surface area contributed by atoms with Crippen LogP contribution in [0, 0.1) is 11.6 Å². The van der Waals surface area contributed by atoms with Gasteiger partial charge in [-0.3, -0.25) is 9.69 Å². The van der Waals surface area contributed by atoms with Crippen LogP contribution in [0.2, 0.25) is 0 Å². The molecule has 0 radical (unpaired) electrons. The van der Waals surface area contributed by atoms with Crippen LogP contribution in [-0.4, -0.2) is 55.8 Å². The number of benzene rings is 2. The molecular formula is C36H31ClF2N6O3. The summed E-state index contributed by atoms with van der Waals surface area (Å²) in [7, 11) is 0. The van der Waals surface area contributed by atoms with Gasteiger partial charge in [0.15, 0.2) is 5.82 Å². The molecule has 4 heterocycles. The van der Waals surface area contributed by atoms with Gasteiger partial charge in [-0.05, 0) is 79.3 Å². The van der Waals surface area contributed by atoms with Crippen molar-refractivity contribution in [2.45, 2.75) is 37.8 Å². The summed E-state index contributed by atoms with van der Waals surface area (Å²) in [5.74, 6) is 0.0964. The average molecular weight is 669 g/mol. The first kappa shape index (κ1) is 31.3. The van der Waals surface area contributed by atoms with Crippen molar-refractivity contribution < 1.29 is 23.1 Å². The Morgan fingerprint density at radius 1 is 0.979 bits per heavy atom. The molecule has 244 valence electrons. The van der Waals surface area contributed by atoms with Gasteiger partial charge >= 0.3 is 6.03 Å². The molecular weight excluding hydrogens is 638 g/mol. The maximum absolute atomic E-state index is 14.6. The number of hydrogen-bond donors (Lipinski definition) is 1. The number of halogens is 3. The van der Waals surface area contributed by atoms with E-state index < -0.39 is 11.6 Å². The Bertz CT molecular complexity index is 2030. The monoisotopic (exact) mass is 668 g/mol. The van der Waals surface area contributed by atoms with E-state index in [1.807, 2.05) is 48.5 Å². The highest BCUT2D eigenvalue weighted by Gasteiger charge is 2.40. The SMILES string of the molecule is C=C1c2cc(F)cnc2N(c2cccc(-c3ccc(OCCCl)cc3)c2)C(=O)N1[C@H]1CC[C@@H](NC(=O)c2cn3cc(F)ccc3n2)CC1. The van der Waals surface area contributed by atoms with Crippen LogP contribution in [0.1, 0.15) is 41.7 Å². The molecule has 2 aliphatic rings. The highest BCUT2D eigenvalue weighted by Crippen LogP contribution is 2.42. The fourth-order valence-corrected chi connectivity index (χ4v) is 6.49. The molecule has 1 fully saturated rings. The van der Waals surface area contributed by atoms with Gasteiger partial charge < -0.3 is 14.5 Å². The number of pyridine rings is 2. The van der Waals surface area contributed by atoms with E-state index in [0.29, 0.717) is 72.3 Å². The van der Waals surface area contributed by atoms with Gasteiger partial charge in [-0.1, -0.05) is 30.8 Å². The maximum Gasteiger partial charge on any atom is 0.335 e. The van der Waals surface area contributed by atoms with Crippen LogP contribution in [0.25, 0.3) is 22.5 Å². The molecule has 0 spiro atoms. The number of urea groups is 1. The molecule has 3 amide bonds. The van der Waals surface area contributed by atoms with Crippen LogP contribution < -0.4 is 15.0 Å². The third-order valence-corrected chi connectivity index (χ3v) is 8.88. The summed E-state index contributed by atoms with van der Waals surface area (Å²) < 4.78 is 35.2. The Morgan fingerprint density at radius 3 is 2.54 bits per heavy atom. The van der Waals surface area contributed by atoms with E-state index >= 15 is 0 Å². The van der Waals surface area contributed by atoms with Gasteiger partial charge in [0.05, 0.1) is 17.8 Å². The van der Waals surface area contributed by atoms with Crippen molar-refractivity contribution in [3.05, 3.63) is 115 Å². The number of imidazole rings is 1. The van der Waals surface area contributed by atoms with E-state index in [2.05, 4.69) is 21.9 Å². The first-order valence-electron chi connectivity index (χ1n) is 15.6. The topological polar surface area (TPSA) is 92.1 Å². The van der Waals surface area contributed by atoms with Crippen LogP contribution in [0.15, 0.2) is 91.9 Å². The molecule has 12 heteroatoms. The number of carbonyl (C=O) groups excluding carboxylic acids is 2. The lowest BCUT2D eigenvalue weighted by atomic mass is 9.89. The second-order valence-electron chi connectivity index (χ2n) is 11.8. The number of hydrogen-bond acceptors (Lipinski definition) is 5. The first-order chi connectivity index (χ1) is 23.3. The van der Waals surface area contributed by atoms with Gasteiger partial charge in [0.1, 0.15) is 35.3 Å². The van der Waals surface area contributed by atoms with Gasteiger partial charge in [-0.2, -0.15) is 0 Å². The molecule has 2 aromatic carbocycles. The predicted molar refractivity (Wildman–Crippen MR) is 179 cm³/mol. The number of anilines is 2. The first-order valence-corrected chi connectivity index (χ1v) is 16.1. The number of nitrogens with one attached hydrogen (secondary N) is 1. The van der Waals surface area contributed by atoms with E-state index in [-0.39, 0.29) is 29.7 Å². The van der Waals surface area contributed by atoms with Gasteiger partial charge in [0.25, 0.3) is 5.91 Å². The zero-order chi connectivity index (χ0) is 33.4. The van der Waals surface area contributed by atoms with Crippen molar-refractivity contribution in [2.75, 3.05) is 17.4 Å². The van der Waals surface area contributed by atoms with E-state index in [9.17, 15) is 18.4 Å². The molecule has 7 rings (SSSR count). The molecule has 0 atom stereocenters. The van der Waals surface area contributed by atoms with Crippen LogP contribution in [0.3, 0.4) is 0 Å². The largest absolute Gasteiger partial charge is 0.492 e. The second kappa shape index (κ2) is 13.1. The zero-order valence-electron chi connectivity index (χ0n) is 25.8. The van der Waals surface area contributed by atoms with E-state index in [4.69, 9.17) is 16.3 Å². The smallest absolute Gasteiger partial charge is 0.335 e. The van der Waals surface area contributed by atoms with Crippen LogP contribution in [0.4, 0.5) is 25.1 Å². The summed E-state index contributed by atoms with van der Waals surface area (Å²) >= 11 is 5.74.